The van der Waals surface area contributed by atoms with Crippen LogP contribution in [0.4, 0.5) is 0 Å². The second-order valence-electron chi connectivity index (χ2n) is 7.08. The number of aliphatic carboxylic acids is 1. The van der Waals surface area contributed by atoms with Crippen molar-refractivity contribution in [2.24, 2.45) is 0 Å². The monoisotopic (exact) mass is 373 g/mol. The number of benzene rings is 3. The van der Waals surface area contributed by atoms with Gasteiger partial charge in [0.05, 0.1) is 6.42 Å². The fourth-order valence-electron chi connectivity index (χ4n) is 3.62. The fraction of sp³-hybridized carbons (Fsp3) is 0.208. The summed E-state index contributed by atoms with van der Waals surface area (Å²) in [5.74, 6) is -0.241. The molecule has 4 nitrogen and oxygen atoms in total. The first-order valence-corrected chi connectivity index (χ1v) is 9.53. The van der Waals surface area contributed by atoms with Gasteiger partial charge in [-0.1, -0.05) is 48.5 Å². The summed E-state index contributed by atoms with van der Waals surface area (Å²) in [5, 5.41) is 12.5. The minimum atomic E-state index is -0.861. The van der Waals surface area contributed by atoms with Gasteiger partial charge in [0.1, 0.15) is 12.4 Å². The van der Waals surface area contributed by atoms with Crippen molar-refractivity contribution in [1.29, 1.82) is 0 Å². The molecule has 0 bridgehead atoms. The number of nitrogens with one attached hydrogen (secondary N) is 1. The number of rotatable bonds is 6. The van der Waals surface area contributed by atoms with Gasteiger partial charge in [-0.3, -0.25) is 4.79 Å². The van der Waals surface area contributed by atoms with Crippen LogP contribution in [0, 0.1) is 0 Å². The number of hydrogen-bond donors (Lipinski definition) is 2. The van der Waals surface area contributed by atoms with Crippen molar-refractivity contribution in [1.82, 2.24) is 5.32 Å². The molecular formula is C24H23NO3. The SMILES string of the molecule is O=C(O)Cc1ccccc1OCc1cccc(-c2ccc3c(c2)CNCC3)c1. The third-order valence-electron chi connectivity index (χ3n) is 5.06. The van der Waals surface area contributed by atoms with Crippen LogP contribution < -0.4 is 10.1 Å². The molecule has 0 fully saturated rings. The highest BCUT2D eigenvalue weighted by Gasteiger charge is 2.11. The normalized spacial score (nSPS) is 13.0. The maximum absolute atomic E-state index is 11.0. The molecule has 0 atom stereocenters. The van der Waals surface area contributed by atoms with Crippen molar-refractivity contribution >= 4 is 5.97 Å². The third-order valence-corrected chi connectivity index (χ3v) is 5.06. The quantitative estimate of drug-likeness (QED) is 0.680. The van der Waals surface area contributed by atoms with E-state index in [-0.39, 0.29) is 6.42 Å². The third kappa shape index (κ3) is 4.24. The Morgan fingerprint density at radius 2 is 1.82 bits per heavy atom. The van der Waals surface area contributed by atoms with Gasteiger partial charge in [-0.25, -0.2) is 0 Å². The molecule has 0 amide bonds. The average Bonchev–Trinajstić information content (AvgIpc) is 2.72. The van der Waals surface area contributed by atoms with Crippen LogP contribution in [0.5, 0.6) is 5.75 Å². The highest BCUT2D eigenvalue weighted by atomic mass is 16.5. The predicted octanol–water partition coefficient (Wildman–Crippen LogP) is 4.21. The van der Waals surface area contributed by atoms with Gasteiger partial charge in [0.25, 0.3) is 0 Å². The number of para-hydroxylation sites is 1. The van der Waals surface area contributed by atoms with E-state index in [0.29, 0.717) is 17.9 Å². The lowest BCUT2D eigenvalue weighted by Crippen LogP contribution is -2.23. The Hall–Kier alpha value is -3.11. The van der Waals surface area contributed by atoms with Gasteiger partial charge in [-0.15, -0.1) is 0 Å². The molecule has 28 heavy (non-hydrogen) atoms. The lowest BCUT2D eigenvalue weighted by atomic mass is 9.95. The molecule has 0 spiro atoms. The summed E-state index contributed by atoms with van der Waals surface area (Å²) in [7, 11) is 0. The van der Waals surface area contributed by atoms with E-state index in [1.54, 1.807) is 6.07 Å². The first-order valence-electron chi connectivity index (χ1n) is 9.53. The minimum absolute atomic E-state index is 0.0423. The Kier molecular flexibility index (Phi) is 5.40. The van der Waals surface area contributed by atoms with Gasteiger partial charge in [0, 0.05) is 12.1 Å². The van der Waals surface area contributed by atoms with Crippen molar-refractivity contribution in [3.63, 3.8) is 0 Å². The molecule has 4 heteroatoms. The summed E-state index contributed by atoms with van der Waals surface area (Å²) < 4.78 is 5.93. The highest BCUT2D eigenvalue weighted by molar-refractivity contribution is 5.71. The van der Waals surface area contributed by atoms with Crippen molar-refractivity contribution in [3.8, 4) is 16.9 Å². The van der Waals surface area contributed by atoms with Crippen LogP contribution in [-0.4, -0.2) is 17.6 Å². The fourth-order valence-corrected chi connectivity index (χ4v) is 3.62. The summed E-state index contributed by atoms with van der Waals surface area (Å²) in [6.07, 6.45) is 1.04. The zero-order valence-corrected chi connectivity index (χ0v) is 15.7. The van der Waals surface area contributed by atoms with E-state index in [1.807, 2.05) is 30.3 Å². The molecule has 3 aromatic rings. The Balaban J connectivity index is 1.51. The predicted molar refractivity (Wildman–Crippen MR) is 109 cm³/mol. The van der Waals surface area contributed by atoms with E-state index < -0.39 is 5.97 Å². The van der Waals surface area contributed by atoms with E-state index >= 15 is 0 Å². The minimum Gasteiger partial charge on any atom is -0.489 e. The summed E-state index contributed by atoms with van der Waals surface area (Å²) >= 11 is 0. The van der Waals surface area contributed by atoms with Crippen molar-refractivity contribution in [2.45, 2.75) is 26.0 Å². The Morgan fingerprint density at radius 3 is 2.71 bits per heavy atom. The second kappa shape index (κ2) is 8.28. The zero-order valence-electron chi connectivity index (χ0n) is 15.7. The van der Waals surface area contributed by atoms with E-state index in [2.05, 4.69) is 35.6 Å². The molecule has 0 aromatic heterocycles. The Morgan fingerprint density at radius 1 is 0.964 bits per heavy atom. The summed E-state index contributed by atoms with van der Waals surface area (Å²) in [6.45, 7) is 2.37. The van der Waals surface area contributed by atoms with Crippen LogP contribution in [0.3, 0.4) is 0 Å². The molecule has 142 valence electrons. The van der Waals surface area contributed by atoms with Gasteiger partial charge < -0.3 is 15.2 Å². The average molecular weight is 373 g/mol. The maximum atomic E-state index is 11.0. The molecule has 0 radical (unpaired) electrons. The van der Waals surface area contributed by atoms with E-state index in [0.717, 1.165) is 30.6 Å². The van der Waals surface area contributed by atoms with Gasteiger partial charge in [-0.05, 0) is 59.0 Å². The maximum Gasteiger partial charge on any atom is 0.307 e. The van der Waals surface area contributed by atoms with Crippen LogP contribution in [0.2, 0.25) is 0 Å². The molecule has 4 rings (SSSR count). The molecule has 1 aliphatic heterocycles. The molecule has 0 unspecified atom stereocenters. The standard InChI is InChI=1S/C24H23NO3/c26-24(27)14-21-5-1-2-7-23(21)28-16-17-4-3-6-19(12-17)20-9-8-18-10-11-25-15-22(18)13-20/h1-9,12-13,25H,10-11,14-16H2,(H,26,27). The summed E-state index contributed by atoms with van der Waals surface area (Å²) in [6, 6.07) is 22.3. The number of carboxylic acid groups (broad SMARTS) is 1. The molecular weight excluding hydrogens is 350 g/mol. The van der Waals surface area contributed by atoms with Gasteiger partial charge in [0.15, 0.2) is 0 Å². The number of carboxylic acids is 1. The van der Waals surface area contributed by atoms with Gasteiger partial charge >= 0.3 is 5.97 Å². The molecule has 0 saturated heterocycles. The number of fused-ring (bicyclic) bond motifs is 1. The molecule has 3 aromatic carbocycles. The summed E-state index contributed by atoms with van der Waals surface area (Å²) in [5.41, 5.74) is 6.90. The van der Waals surface area contributed by atoms with Crippen LogP contribution in [0.25, 0.3) is 11.1 Å². The topological polar surface area (TPSA) is 58.6 Å². The molecule has 2 N–H and O–H groups in total. The van der Waals surface area contributed by atoms with E-state index in [1.165, 1.54) is 16.7 Å². The van der Waals surface area contributed by atoms with Crippen LogP contribution in [0.15, 0.2) is 66.7 Å². The molecule has 1 aliphatic rings. The Bertz CT molecular complexity index is 997. The lowest BCUT2D eigenvalue weighted by Gasteiger charge is -2.18. The lowest BCUT2D eigenvalue weighted by molar-refractivity contribution is -0.136. The number of ether oxygens (including phenoxy) is 1. The van der Waals surface area contributed by atoms with Gasteiger partial charge in [-0.2, -0.15) is 0 Å². The molecule has 0 aliphatic carbocycles. The smallest absolute Gasteiger partial charge is 0.307 e. The molecule has 1 heterocycles. The van der Waals surface area contributed by atoms with Crippen molar-refractivity contribution < 1.29 is 14.6 Å². The van der Waals surface area contributed by atoms with Gasteiger partial charge in [0.2, 0.25) is 0 Å². The first kappa shape index (κ1) is 18.3. The summed E-state index contributed by atoms with van der Waals surface area (Å²) in [4.78, 5) is 11.0. The van der Waals surface area contributed by atoms with Crippen LogP contribution in [-0.2, 0) is 30.8 Å². The second-order valence-corrected chi connectivity index (χ2v) is 7.08. The first-order chi connectivity index (χ1) is 13.7. The van der Waals surface area contributed by atoms with Crippen LogP contribution >= 0.6 is 0 Å². The number of hydrogen-bond acceptors (Lipinski definition) is 3. The molecule has 0 saturated carbocycles. The van der Waals surface area contributed by atoms with Crippen LogP contribution in [0.1, 0.15) is 22.3 Å². The van der Waals surface area contributed by atoms with Crippen molar-refractivity contribution in [2.75, 3.05) is 6.54 Å². The Labute approximate surface area is 164 Å². The number of carbonyl (C=O) groups is 1. The zero-order chi connectivity index (χ0) is 19.3. The van der Waals surface area contributed by atoms with E-state index in [9.17, 15) is 4.79 Å². The van der Waals surface area contributed by atoms with Crippen molar-refractivity contribution in [3.05, 3.63) is 89.0 Å². The highest BCUT2D eigenvalue weighted by Crippen LogP contribution is 2.26. The largest absolute Gasteiger partial charge is 0.489 e. The van der Waals surface area contributed by atoms with E-state index in [4.69, 9.17) is 9.84 Å².